The van der Waals surface area contributed by atoms with Crippen LogP contribution in [-0.2, 0) is 14.3 Å². The average Bonchev–Trinajstić information content (AvgIpc) is 2.67. The molecular weight excluding hydrogens is 393 g/mol. The van der Waals surface area contributed by atoms with Crippen molar-refractivity contribution in [2.75, 3.05) is 11.9 Å². The van der Waals surface area contributed by atoms with Gasteiger partial charge in [-0.2, -0.15) is 0 Å². The van der Waals surface area contributed by atoms with E-state index in [-0.39, 0.29) is 5.69 Å². The Labute approximate surface area is 163 Å². The fourth-order valence-electron chi connectivity index (χ4n) is 2.13. The van der Waals surface area contributed by atoms with Crippen LogP contribution in [0.15, 0.2) is 54.6 Å². The molecule has 1 atom stereocenters. The monoisotopic (exact) mass is 410 g/mol. The van der Waals surface area contributed by atoms with Crippen LogP contribution in [0.25, 0.3) is 0 Å². The predicted octanol–water partition coefficient (Wildman–Crippen LogP) is 2.89. The topological polar surface area (TPSA) is 93.7 Å². The Kier molecular flexibility index (Phi) is 7.18. The molecule has 0 radical (unpaired) electrons. The Morgan fingerprint density at radius 2 is 1.62 bits per heavy atom. The van der Waals surface area contributed by atoms with Crippen molar-refractivity contribution in [1.29, 1.82) is 0 Å². The molecule has 2 aromatic rings. The quantitative estimate of drug-likeness (QED) is 0.685. The average molecular weight is 410 g/mol. The van der Waals surface area contributed by atoms with E-state index in [1.807, 2.05) is 0 Å². The summed E-state index contributed by atoms with van der Waals surface area (Å²) in [7, 11) is 0. The summed E-state index contributed by atoms with van der Waals surface area (Å²) in [5.41, 5.74) is 0.550. The minimum atomic E-state index is -4.81. The smallest absolute Gasteiger partial charge is 0.454 e. The minimum Gasteiger partial charge on any atom is -0.454 e. The van der Waals surface area contributed by atoms with Crippen LogP contribution in [0.4, 0.5) is 18.9 Å². The molecule has 0 fully saturated rings. The first kappa shape index (κ1) is 21.7. The number of esters is 1. The summed E-state index contributed by atoms with van der Waals surface area (Å²) >= 11 is 0. The molecule has 2 rings (SSSR count). The predicted molar refractivity (Wildman–Crippen MR) is 96.1 cm³/mol. The second-order valence-corrected chi connectivity index (χ2v) is 5.79. The molecule has 0 aliphatic carbocycles. The molecule has 7 nitrogen and oxygen atoms in total. The van der Waals surface area contributed by atoms with Gasteiger partial charge in [0.05, 0.1) is 0 Å². The van der Waals surface area contributed by atoms with E-state index >= 15 is 0 Å². The largest absolute Gasteiger partial charge is 0.573 e. The molecule has 2 N–H and O–H groups in total. The van der Waals surface area contributed by atoms with Crippen LogP contribution in [0.1, 0.15) is 17.3 Å². The number of carbonyl (C=O) groups excluding carboxylic acids is 3. The molecule has 0 spiro atoms. The summed E-state index contributed by atoms with van der Waals surface area (Å²) in [4.78, 5) is 35.7. The first-order valence-electron chi connectivity index (χ1n) is 8.32. The standard InChI is InChI=1S/C19H17F3N2O5/c1-12(23-17(26)13-5-3-2-4-6-13)18(27)28-11-16(25)24-14-7-9-15(10-8-14)29-19(20,21)22/h2-10,12H,11H2,1H3,(H,23,26)(H,24,25). The summed E-state index contributed by atoms with van der Waals surface area (Å²) in [5.74, 6) is -2.44. The van der Waals surface area contributed by atoms with Gasteiger partial charge in [-0.05, 0) is 43.3 Å². The number of amides is 2. The first-order chi connectivity index (χ1) is 13.6. The molecule has 2 amide bonds. The maximum Gasteiger partial charge on any atom is 0.573 e. The van der Waals surface area contributed by atoms with Gasteiger partial charge in [0.15, 0.2) is 6.61 Å². The van der Waals surface area contributed by atoms with E-state index in [1.54, 1.807) is 30.3 Å². The van der Waals surface area contributed by atoms with Gasteiger partial charge < -0.3 is 20.1 Å². The number of halogens is 3. The molecular formula is C19H17F3N2O5. The number of hydrogen-bond donors (Lipinski definition) is 2. The lowest BCUT2D eigenvalue weighted by molar-refractivity contribution is -0.274. The number of anilines is 1. The van der Waals surface area contributed by atoms with Crippen molar-refractivity contribution in [2.45, 2.75) is 19.3 Å². The fourth-order valence-corrected chi connectivity index (χ4v) is 2.13. The molecule has 10 heteroatoms. The minimum absolute atomic E-state index is 0.186. The zero-order valence-corrected chi connectivity index (χ0v) is 15.2. The Bertz CT molecular complexity index is 854. The Hall–Kier alpha value is -3.56. The highest BCUT2D eigenvalue weighted by Crippen LogP contribution is 2.23. The van der Waals surface area contributed by atoms with E-state index in [4.69, 9.17) is 4.74 Å². The van der Waals surface area contributed by atoms with Gasteiger partial charge >= 0.3 is 12.3 Å². The van der Waals surface area contributed by atoms with Crippen LogP contribution < -0.4 is 15.4 Å². The number of benzene rings is 2. The van der Waals surface area contributed by atoms with Gasteiger partial charge in [-0.3, -0.25) is 9.59 Å². The van der Waals surface area contributed by atoms with Gasteiger partial charge in [0.25, 0.3) is 11.8 Å². The summed E-state index contributed by atoms with van der Waals surface area (Å²) in [5, 5.41) is 4.80. The molecule has 0 aliphatic heterocycles. The van der Waals surface area contributed by atoms with Crippen LogP contribution in [0, 0.1) is 0 Å². The van der Waals surface area contributed by atoms with Crippen LogP contribution in [-0.4, -0.2) is 36.8 Å². The number of carbonyl (C=O) groups is 3. The van der Waals surface area contributed by atoms with Crippen molar-refractivity contribution in [1.82, 2.24) is 5.32 Å². The molecule has 1 unspecified atom stereocenters. The first-order valence-corrected chi connectivity index (χ1v) is 8.32. The lowest BCUT2D eigenvalue weighted by Gasteiger charge is -2.13. The summed E-state index contributed by atoms with van der Waals surface area (Å²) in [6, 6.07) is 11.7. The van der Waals surface area contributed by atoms with Crippen molar-refractivity contribution in [3.05, 3.63) is 60.2 Å². The second kappa shape index (κ2) is 9.58. The van der Waals surface area contributed by atoms with E-state index < -0.39 is 42.5 Å². The number of alkyl halides is 3. The Morgan fingerprint density at radius 3 is 2.21 bits per heavy atom. The maximum absolute atomic E-state index is 12.1. The SMILES string of the molecule is CC(NC(=O)c1ccccc1)C(=O)OCC(=O)Nc1ccc(OC(F)(F)F)cc1. The van der Waals surface area contributed by atoms with Crippen molar-refractivity contribution in [3.8, 4) is 5.75 Å². The number of rotatable bonds is 7. The highest BCUT2D eigenvalue weighted by Gasteiger charge is 2.31. The third kappa shape index (κ3) is 7.53. The van der Waals surface area contributed by atoms with Gasteiger partial charge in [0.1, 0.15) is 11.8 Å². The van der Waals surface area contributed by atoms with Gasteiger partial charge in [0.2, 0.25) is 0 Å². The van der Waals surface area contributed by atoms with Gasteiger partial charge in [-0.15, -0.1) is 13.2 Å². The molecule has 0 heterocycles. The van der Waals surface area contributed by atoms with E-state index in [0.29, 0.717) is 5.56 Å². The summed E-state index contributed by atoms with van der Waals surface area (Å²) in [6.45, 7) is 0.769. The molecule has 0 aromatic heterocycles. The van der Waals surface area contributed by atoms with Crippen LogP contribution >= 0.6 is 0 Å². The Balaban J connectivity index is 1.78. The van der Waals surface area contributed by atoms with E-state index in [9.17, 15) is 27.6 Å². The van der Waals surface area contributed by atoms with Crippen molar-refractivity contribution in [2.24, 2.45) is 0 Å². The fraction of sp³-hybridized carbons (Fsp3) is 0.211. The molecule has 2 aromatic carbocycles. The van der Waals surface area contributed by atoms with Crippen LogP contribution in [0.3, 0.4) is 0 Å². The third-order valence-corrected chi connectivity index (χ3v) is 3.45. The van der Waals surface area contributed by atoms with Crippen molar-refractivity contribution in [3.63, 3.8) is 0 Å². The molecule has 29 heavy (non-hydrogen) atoms. The highest BCUT2D eigenvalue weighted by atomic mass is 19.4. The van der Waals surface area contributed by atoms with E-state index in [2.05, 4.69) is 15.4 Å². The zero-order chi connectivity index (χ0) is 21.4. The van der Waals surface area contributed by atoms with Gasteiger partial charge in [-0.25, -0.2) is 4.79 Å². The number of nitrogens with one attached hydrogen (secondary N) is 2. The van der Waals surface area contributed by atoms with Crippen LogP contribution in [0.2, 0.25) is 0 Å². The van der Waals surface area contributed by atoms with Crippen LogP contribution in [0.5, 0.6) is 5.75 Å². The normalized spacial score (nSPS) is 11.9. The number of hydrogen-bond acceptors (Lipinski definition) is 5. The molecule has 0 bridgehead atoms. The van der Waals surface area contributed by atoms with Gasteiger partial charge in [-0.1, -0.05) is 18.2 Å². The Morgan fingerprint density at radius 1 is 1.00 bits per heavy atom. The van der Waals surface area contributed by atoms with Crippen molar-refractivity contribution < 1.29 is 37.0 Å². The molecule has 0 saturated heterocycles. The molecule has 0 aliphatic rings. The summed E-state index contributed by atoms with van der Waals surface area (Å²) in [6.07, 6.45) is -4.81. The third-order valence-electron chi connectivity index (χ3n) is 3.45. The maximum atomic E-state index is 12.1. The number of ether oxygens (including phenoxy) is 2. The highest BCUT2D eigenvalue weighted by molar-refractivity contribution is 5.97. The lowest BCUT2D eigenvalue weighted by atomic mass is 10.2. The van der Waals surface area contributed by atoms with E-state index in [1.165, 1.54) is 19.1 Å². The lowest BCUT2D eigenvalue weighted by Crippen LogP contribution is -2.40. The zero-order valence-electron chi connectivity index (χ0n) is 15.2. The molecule has 0 saturated carbocycles. The second-order valence-electron chi connectivity index (χ2n) is 5.79. The van der Waals surface area contributed by atoms with E-state index in [0.717, 1.165) is 12.1 Å². The van der Waals surface area contributed by atoms with Crippen molar-refractivity contribution >= 4 is 23.5 Å². The summed E-state index contributed by atoms with van der Waals surface area (Å²) < 4.78 is 44.8. The van der Waals surface area contributed by atoms with Gasteiger partial charge in [0, 0.05) is 11.3 Å². The molecule has 154 valence electrons.